The van der Waals surface area contributed by atoms with E-state index in [0.717, 1.165) is 0 Å². The largest absolute Gasteiger partial charge is 0.481 e. The number of rotatable bonds is 38. The molecule has 0 aliphatic rings. The first-order valence-corrected chi connectivity index (χ1v) is 24.8. The number of nitrogens with one attached hydrogen (secondary N) is 7. The summed E-state index contributed by atoms with van der Waals surface area (Å²) in [6, 6.07) is -11.1. The first-order chi connectivity index (χ1) is 32.9. The van der Waals surface area contributed by atoms with Gasteiger partial charge in [0.15, 0.2) is 5.96 Å². The number of nitrogens with two attached hydrogens (primary N) is 5. The van der Waals surface area contributed by atoms with Gasteiger partial charge < -0.3 is 81.2 Å². The van der Waals surface area contributed by atoms with Crippen molar-refractivity contribution >= 4 is 77.0 Å². The maximum absolute atomic E-state index is 14.0. The average molecular weight is 1020 g/mol. The summed E-state index contributed by atoms with van der Waals surface area (Å²) in [6.07, 6.45) is 1.74. The number of carboxylic acid groups (broad SMARTS) is 3. The van der Waals surface area contributed by atoms with Gasteiger partial charge in [0, 0.05) is 13.0 Å². The third kappa shape index (κ3) is 27.4. The van der Waals surface area contributed by atoms with Gasteiger partial charge in [-0.3, -0.25) is 48.1 Å². The summed E-state index contributed by atoms with van der Waals surface area (Å²) in [7, 11) is 0. The Balaban J connectivity index is 6.72. The fourth-order valence-corrected chi connectivity index (χ4v) is 7.19. The van der Waals surface area contributed by atoms with Crippen molar-refractivity contribution in [2.45, 2.75) is 160 Å². The first-order valence-electron chi connectivity index (χ1n) is 23.4. The lowest BCUT2D eigenvalue weighted by Gasteiger charge is -2.29. The van der Waals surface area contributed by atoms with Crippen LogP contribution in [0.4, 0.5) is 0 Å². The summed E-state index contributed by atoms with van der Waals surface area (Å²) in [4.78, 5) is 135. The van der Waals surface area contributed by atoms with E-state index in [1.165, 1.54) is 11.8 Å². The second-order valence-corrected chi connectivity index (χ2v) is 18.5. The molecule has 0 aliphatic heterocycles. The molecule has 0 aliphatic carbocycles. The molecule has 27 heteroatoms. The van der Waals surface area contributed by atoms with Gasteiger partial charge in [0.25, 0.3) is 0 Å². The zero-order valence-corrected chi connectivity index (χ0v) is 41.8. The molecule has 7 amide bonds. The Morgan fingerprint density at radius 3 is 1.44 bits per heavy atom. The van der Waals surface area contributed by atoms with Gasteiger partial charge in [0.1, 0.15) is 42.3 Å². The molecule has 0 radical (unpaired) electrons. The predicted octanol–water partition coefficient (Wildman–Crippen LogP) is -3.10. The maximum Gasteiger partial charge on any atom is 0.326 e. The number of carbonyl (C=O) groups is 10. The number of hydrogen-bond donors (Lipinski definition) is 15. The summed E-state index contributed by atoms with van der Waals surface area (Å²) < 4.78 is 0. The lowest BCUT2D eigenvalue weighted by atomic mass is 10.00. The highest BCUT2D eigenvalue weighted by molar-refractivity contribution is 7.98. The highest BCUT2D eigenvalue weighted by Gasteiger charge is 2.36. The van der Waals surface area contributed by atoms with Crippen LogP contribution in [0.5, 0.6) is 0 Å². The number of aliphatic imine (C=N–C) groups is 1. The molecule has 0 fully saturated rings. The molecule has 0 unspecified atom stereocenters. The highest BCUT2D eigenvalue weighted by Crippen LogP contribution is 2.12. The van der Waals surface area contributed by atoms with E-state index in [9.17, 15) is 63.3 Å². The lowest BCUT2D eigenvalue weighted by molar-refractivity contribution is -0.143. The maximum atomic E-state index is 14.0. The molecule has 0 heterocycles. The molecule has 70 heavy (non-hydrogen) atoms. The molecule has 0 aromatic rings. The van der Waals surface area contributed by atoms with Crippen molar-refractivity contribution in [2.75, 3.05) is 31.6 Å². The van der Waals surface area contributed by atoms with Crippen molar-refractivity contribution < 1.29 is 63.3 Å². The van der Waals surface area contributed by atoms with Gasteiger partial charge >= 0.3 is 17.9 Å². The number of aliphatic carboxylic acids is 3. The Morgan fingerprint density at radius 2 is 0.971 bits per heavy atom. The van der Waals surface area contributed by atoms with Gasteiger partial charge in [0.05, 0.1) is 12.5 Å². The molecule has 8 atom stereocenters. The highest BCUT2D eigenvalue weighted by atomic mass is 32.2. The topological polar surface area (TPSA) is 458 Å². The van der Waals surface area contributed by atoms with Crippen LogP contribution in [-0.2, 0) is 47.9 Å². The fraction of sp³-hybridized carbons (Fsp3) is 0.744. The number of thioether (sulfide) groups is 1. The van der Waals surface area contributed by atoms with Gasteiger partial charge in [-0.15, -0.1) is 0 Å². The van der Waals surface area contributed by atoms with E-state index < -0.39 is 133 Å². The molecule has 0 rings (SSSR count). The van der Waals surface area contributed by atoms with Crippen molar-refractivity contribution in [1.82, 2.24) is 37.2 Å². The second kappa shape index (κ2) is 35.3. The minimum absolute atomic E-state index is 0.00493. The van der Waals surface area contributed by atoms with Crippen molar-refractivity contribution in [1.29, 1.82) is 0 Å². The molecule has 26 nitrogen and oxygen atoms in total. The van der Waals surface area contributed by atoms with Gasteiger partial charge in [-0.2, -0.15) is 11.8 Å². The Labute approximate surface area is 413 Å². The monoisotopic (exact) mass is 1020 g/mol. The smallest absolute Gasteiger partial charge is 0.326 e. The molecule has 400 valence electrons. The Morgan fingerprint density at radius 1 is 0.529 bits per heavy atom. The summed E-state index contributed by atoms with van der Waals surface area (Å²) in [5.74, 6) is -11.0. The van der Waals surface area contributed by atoms with Crippen LogP contribution in [0.3, 0.4) is 0 Å². The minimum Gasteiger partial charge on any atom is -0.481 e. The molecule has 0 saturated heterocycles. The van der Waals surface area contributed by atoms with Crippen molar-refractivity contribution in [2.24, 2.45) is 45.5 Å². The molecular weight excluding hydrogens is 939 g/mol. The number of amides is 7. The van der Waals surface area contributed by atoms with Gasteiger partial charge in [0.2, 0.25) is 41.4 Å². The summed E-state index contributed by atoms with van der Waals surface area (Å²) in [6.45, 7) is 7.18. The molecule has 0 saturated carbocycles. The fourth-order valence-electron chi connectivity index (χ4n) is 6.70. The Kier molecular flexibility index (Phi) is 32.4. The van der Waals surface area contributed by atoms with Gasteiger partial charge in [-0.25, -0.2) is 4.79 Å². The van der Waals surface area contributed by atoms with Crippen LogP contribution >= 0.6 is 11.8 Å². The van der Waals surface area contributed by atoms with Crippen molar-refractivity contribution in [3.05, 3.63) is 0 Å². The lowest BCUT2D eigenvalue weighted by Crippen LogP contribution is -2.61. The zero-order chi connectivity index (χ0) is 53.5. The van der Waals surface area contributed by atoms with Crippen LogP contribution in [0.15, 0.2) is 4.99 Å². The number of guanidine groups is 1. The van der Waals surface area contributed by atoms with Crippen LogP contribution < -0.4 is 65.9 Å². The van der Waals surface area contributed by atoms with E-state index in [2.05, 4.69) is 42.2 Å². The third-order valence-electron chi connectivity index (χ3n) is 10.6. The number of hydrogen-bond acceptors (Lipinski definition) is 15. The van der Waals surface area contributed by atoms with Gasteiger partial charge in [-0.1, -0.05) is 27.7 Å². The van der Waals surface area contributed by atoms with Crippen LogP contribution in [0.25, 0.3) is 0 Å². The van der Waals surface area contributed by atoms with E-state index >= 15 is 0 Å². The Hall–Kier alpha value is -5.80. The third-order valence-corrected chi connectivity index (χ3v) is 11.2. The van der Waals surface area contributed by atoms with Gasteiger partial charge in [-0.05, 0) is 108 Å². The van der Waals surface area contributed by atoms with Crippen LogP contribution in [-0.4, -0.2) is 161 Å². The summed E-state index contributed by atoms with van der Waals surface area (Å²) in [5.41, 5.74) is 28.0. The minimum atomic E-state index is -1.63. The predicted molar refractivity (Wildman–Crippen MR) is 261 cm³/mol. The van der Waals surface area contributed by atoms with Crippen LogP contribution in [0, 0.1) is 11.8 Å². The van der Waals surface area contributed by atoms with Crippen molar-refractivity contribution in [3.8, 4) is 0 Å². The van der Waals surface area contributed by atoms with E-state index in [0.29, 0.717) is 38.0 Å². The quantitative estimate of drug-likeness (QED) is 0.0165. The van der Waals surface area contributed by atoms with E-state index in [-0.39, 0.29) is 63.5 Å². The number of carboxylic acids is 3. The standard InChI is InChI=1S/C43H79N13O13S/c1-23(2)21-30(39(65)53-29(42(68)69)12-7-9-18-45)55-36(62)27(13-10-19-49-43(47)48)50-37(63)28(14-15-32(57)58)52-41(67)34(24(3)4)56-38(64)26(11-6-8-17-44)51-40(66)31(22-33(59)60)54-35(61)25(46)16-20-70-5/h23-31,34H,6-22,44-46H2,1-5H3,(H,50,63)(H,51,66)(H,52,67)(H,53,65)(H,54,61)(H,55,62)(H,56,64)(H,57,58)(H,59,60)(H,68,69)(H4,47,48,49)/t25-,26-,27-,28-,29-,30-,31-,34-/m0/s1. The zero-order valence-electron chi connectivity index (χ0n) is 41.0. The number of unbranched alkanes of at least 4 members (excludes halogenated alkanes) is 2. The van der Waals surface area contributed by atoms with E-state index in [1.807, 2.05) is 0 Å². The normalized spacial score (nSPS) is 14.5. The number of nitrogens with zero attached hydrogens (tertiary/aromatic N) is 1. The molecule has 0 aromatic heterocycles. The first kappa shape index (κ1) is 64.2. The van der Waals surface area contributed by atoms with E-state index in [1.54, 1.807) is 34.0 Å². The van der Waals surface area contributed by atoms with E-state index in [4.69, 9.17) is 28.7 Å². The molecule has 20 N–H and O–H groups in total. The number of carbonyl (C=O) groups excluding carboxylic acids is 7. The van der Waals surface area contributed by atoms with Crippen LogP contribution in [0.1, 0.15) is 111 Å². The average Bonchev–Trinajstić information content (AvgIpc) is 3.27. The summed E-state index contributed by atoms with van der Waals surface area (Å²) >= 11 is 1.43. The summed E-state index contributed by atoms with van der Waals surface area (Å²) in [5, 5.41) is 46.3. The molecular formula is C43H79N13O13S. The molecule has 0 bridgehead atoms. The second-order valence-electron chi connectivity index (χ2n) is 17.5. The van der Waals surface area contributed by atoms with Crippen molar-refractivity contribution in [3.63, 3.8) is 0 Å². The molecule has 0 aromatic carbocycles. The SMILES string of the molecule is CSCC[C@H](N)C(=O)N[C@@H](CC(=O)O)C(=O)N[C@@H](CCCCN)C(=O)N[C@H](C(=O)N[C@@H](CCC(=O)O)C(=O)N[C@@H](CCCN=C(N)N)C(=O)N[C@@H](CC(C)C)C(=O)N[C@@H](CCCCN)C(=O)O)C(C)C. The molecule has 0 spiro atoms. The van der Waals surface area contributed by atoms with Crippen LogP contribution in [0.2, 0.25) is 0 Å². The Bertz CT molecular complexity index is 1750.